The highest BCUT2D eigenvalue weighted by Crippen LogP contribution is 2.29. The Morgan fingerprint density at radius 3 is 2.59 bits per heavy atom. The minimum Gasteiger partial charge on any atom is -0.462 e. The van der Waals surface area contributed by atoms with E-state index in [4.69, 9.17) is 4.74 Å². The van der Waals surface area contributed by atoms with Gasteiger partial charge in [0.2, 0.25) is 0 Å². The first kappa shape index (κ1) is 18.8. The van der Waals surface area contributed by atoms with Crippen LogP contribution in [-0.4, -0.2) is 22.5 Å². The second-order valence-electron chi connectivity index (χ2n) is 6.52. The van der Waals surface area contributed by atoms with Gasteiger partial charge in [-0.2, -0.15) is 0 Å². The molecule has 0 radical (unpaired) electrons. The minimum atomic E-state index is -0.394. The van der Waals surface area contributed by atoms with Crippen LogP contribution in [0.15, 0.2) is 42.6 Å². The van der Waals surface area contributed by atoms with Crippen molar-refractivity contribution < 1.29 is 9.53 Å². The third kappa shape index (κ3) is 4.42. The number of anilines is 2. The van der Waals surface area contributed by atoms with Crippen molar-refractivity contribution in [3.8, 4) is 0 Å². The Balaban J connectivity index is 1.99. The van der Waals surface area contributed by atoms with E-state index < -0.39 is 5.97 Å². The number of nitrogens with one attached hydrogen (secondary N) is 1. The molecule has 0 bridgehead atoms. The lowest BCUT2D eigenvalue weighted by molar-refractivity contribution is 0.0527. The molecule has 3 aromatic rings. The predicted molar refractivity (Wildman–Crippen MR) is 109 cm³/mol. The molecule has 0 aliphatic rings. The van der Waals surface area contributed by atoms with Gasteiger partial charge in [0.1, 0.15) is 5.56 Å². The molecule has 0 amide bonds. The maximum atomic E-state index is 12.4. The highest BCUT2D eigenvalue weighted by molar-refractivity contribution is 6.05. The van der Waals surface area contributed by atoms with Crippen molar-refractivity contribution in [2.45, 2.75) is 40.0 Å². The van der Waals surface area contributed by atoms with Crippen LogP contribution in [0.2, 0.25) is 0 Å². The Morgan fingerprint density at radius 2 is 1.89 bits per heavy atom. The van der Waals surface area contributed by atoms with Crippen molar-refractivity contribution in [3.05, 3.63) is 59.4 Å². The zero-order chi connectivity index (χ0) is 19.2. The number of esters is 1. The van der Waals surface area contributed by atoms with Crippen LogP contribution in [0.5, 0.6) is 0 Å². The number of fused-ring (bicyclic) bond motifs is 1. The van der Waals surface area contributed by atoms with E-state index in [0.29, 0.717) is 23.5 Å². The summed E-state index contributed by atoms with van der Waals surface area (Å²) >= 11 is 0. The van der Waals surface area contributed by atoms with Gasteiger partial charge in [0.05, 0.1) is 12.3 Å². The smallest absolute Gasteiger partial charge is 0.341 e. The molecule has 0 saturated carbocycles. The van der Waals surface area contributed by atoms with Gasteiger partial charge in [-0.3, -0.25) is 0 Å². The van der Waals surface area contributed by atoms with Crippen LogP contribution in [0.1, 0.15) is 48.3 Å². The van der Waals surface area contributed by atoms with Gasteiger partial charge in [-0.25, -0.2) is 14.8 Å². The topological polar surface area (TPSA) is 64.1 Å². The maximum Gasteiger partial charge on any atom is 0.341 e. The molecule has 0 fully saturated rings. The SMILES string of the molecule is CCCCc1ccc(Nc2c(C(=O)OCC)cnc3nc(C)ccc23)cc1. The molecule has 2 aromatic heterocycles. The fourth-order valence-electron chi connectivity index (χ4n) is 2.95. The number of nitrogens with zero attached hydrogens (tertiary/aromatic N) is 2. The van der Waals surface area contributed by atoms with E-state index in [1.807, 2.05) is 31.2 Å². The molecule has 0 atom stereocenters. The van der Waals surface area contributed by atoms with Crippen LogP contribution in [0.25, 0.3) is 11.0 Å². The van der Waals surface area contributed by atoms with Gasteiger partial charge in [-0.05, 0) is 56.5 Å². The average Bonchev–Trinajstić information content (AvgIpc) is 2.67. The molecule has 0 spiro atoms. The van der Waals surface area contributed by atoms with Crippen molar-refractivity contribution >= 4 is 28.4 Å². The molecule has 1 N–H and O–H groups in total. The van der Waals surface area contributed by atoms with E-state index in [1.54, 1.807) is 6.92 Å². The van der Waals surface area contributed by atoms with Crippen LogP contribution >= 0.6 is 0 Å². The number of carbonyl (C=O) groups excluding carboxylic acids is 1. The summed E-state index contributed by atoms with van der Waals surface area (Å²) in [5, 5.41) is 4.17. The van der Waals surface area contributed by atoms with E-state index in [2.05, 4.69) is 34.3 Å². The van der Waals surface area contributed by atoms with Crippen LogP contribution in [-0.2, 0) is 11.2 Å². The normalized spacial score (nSPS) is 10.8. The zero-order valence-electron chi connectivity index (χ0n) is 16.1. The number of hydrogen-bond acceptors (Lipinski definition) is 5. The highest BCUT2D eigenvalue weighted by Gasteiger charge is 2.17. The minimum absolute atomic E-state index is 0.314. The van der Waals surface area contributed by atoms with Crippen molar-refractivity contribution in [2.75, 3.05) is 11.9 Å². The molecule has 0 aliphatic heterocycles. The van der Waals surface area contributed by atoms with Crippen LogP contribution < -0.4 is 5.32 Å². The Morgan fingerprint density at radius 1 is 1.11 bits per heavy atom. The molecular formula is C22H25N3O2. The Hall–Kier alpha value is -2.95. The Kier molecular flexibility index (Phi) is 6.01. The van der Waals surface area contributed by atoms with Crippen LogP contribution in [0.3, 0.4) is 0 Å². The van der Waals surface area contributed by atoms with Crippen molar-refractivity contribution in [2.24, 2.45) is 0 Å². The average molecular weight is 363 g/mol. The summed E-state index contributed by atoms with van der Waals surface area (Å²) in [5.74, 6) is -0.394. The van der Waals surface area contributed by atoms with Gasteiger partial charge in [0.25, 0.3) is 0 Å². The van der Waals surface area contributed by atoms with E-state index in [0.717, 1.165) is 23.2 Å². The first-order chi connectivity index (χ1) is 13.1. The van der Waals surface area contributed by atoms with E-state index in [1.165, 1.54) is 24.6 Å². The summed E-state index contributed by atoms with van der Waals surface area (Å²) in [6.45, 7) is 6.22. The second kappa shape index (κ2) is 8.62. The monoisotopic (exact) mass is 363 g/mol. The van der Waals surface area contributed by atoms with E-state index in [-0.39, 0.29) is 0 Å². The number of carbonyl (C=O) groups is 1. The molecule has 1 aromatic carbocycles. The molecule has 3 rings (SSSR count). The van der Waals surface area contributed by atoms with Crippen LogP contribution in [0.4, 0.5) is 11.4 Å². The first-order valence-electron chi connectivity index (χ1n) is 9.41. The molecule has 0 aliphatic carbocycles. The predicted octanol–water partition coefficient (Wildman–Crippen LogP) is 5.20. The van der Waals surface area contributed by atoms with Crippen molar-refractivity contribution in [1.82, 2.24) is 9.97 Å². The second-order valence-corrected chi connectivity index (χ2v) is 6.52. The van der Waals surface area contributed by atoms with Gasteiger partial charge in [0, 0.05) is 23.0 Å². The molecular weight excluding hydrogens is 338 g/mol. The summed E-state index contributed by atoms with van der Waals surface area (Å²) in [6, 6.07) is 12.2. The number of unbranched alkanes of at least 4 members (excludes halogenated alkanes) is 1. The number of ether oxygens (including phenoxy) is 1. The molecule has 5 nitrogen and oxygen atoms in total. The summed E-state index contributed by atoms with van der Waals surface area (Å²) in [6.07, 6.45) is 4.97. The van der Waals surface area contributed by atoms with Crippen LogP contribution in [0, 0.1) is 6.92 Å². The largest absolute Gasteiger partial charge is 0.462 e. The first-order valence-corrected chi connectivity index (χ1v) is 9.41. The maximum absolute atomic E-state index is 12.4. The van der Waals surface area contributed by atoms with Gasteiger partial charge >= 0.3 is 5.97 Å². The molecule has 0 saturated heterocycles. The van der Waals surface area contributed by atoms with Gasteiger partial charge in [-0.15, -0.1) is 0 Å². The van der Waals surface area contributed by atoms with E-state index >= 15 is 0 Å². The third-order valence-electron chi connectivity index (χ3n) is 4.41. The summed E-state index contributed by atoms with van der Waals surface area (Å²) in [5.41, 5.74) is 4.78. The highest BCUT2D eigenvalue weighted by atomic mass is 16.5. The van der Waals surface area contributed by atoms with Gasteiger partial charge in [-0.1, -0.05) is 25.5 Å². The lowest BCUT2D eigenvalue weighted by Crippen LogP contribution is -2.09. The van der Waals surface area contributed by atoms with E-state index in [9.17, 15) is 4.79 Å². The lowest BCUT2D eigenvalue weighted by Gasteiger charge is -2.14. The Bertz CT molecular complexity index is 936. The number of rotatable bonds is 7. The van der Waals surface area contributed by atoms with Crippen molar-refractivity contribution in [3.63, 3.8) is 0 Å². The van der Waals surface area contributed by atoms with Gasteiger partial charge < -0.3 is 10.1 Å². The van der Waals surface area contributed by atoms with Crippen molar-refractivity contribution in [1.29, 1.82) is 0 Å². The number of aromatic nitrogens is 2. The Labute approximate surface area is 159 Å². The van der Waals surface area contributed by atoms with Gasteiger partial charge in [0.15, 0.2) is 5.65 Å². The molecule has 2 heterocycles. The summed E-state index contributed by atoms with van der Waals surface area (Å²) in [4.78, 5) is 21.2. The summed E-state index contributed by atoms with van der Waals surface area (Å²) < 4.78 is 5.20. The quantitative estimate of drug-likeness (QED) is 0.584. The number of benzene rings is 1. The number of aryl methyl sites for hydroxylation is 2. The summed E-state index contributed by atoms with van der Waals surface area (Å²) in [7, 11) is 0. The molecule has 140 valence electrons. The molecule has 5 heteroatoms. The third-order valence-corrected chi connectivity index (χ3v) is 4.41. The fourth-order valence-corrected chi connectivity index (χ4v) is 2.95. The molecule has 27 heavy (non-hydrogen) atoms. The fraction of sp³-hybridized carbons (Fsp3) is 0.318. The standard InChI is InChI=1S/C22H25N3O2/c1-4-6-7-16-9-11-17(12-10-16)25-20-18-13-8-15(3)24-21(18)23-14-19(20)22(26)27-5-2/h8-14H,4-7H2,1-3H3,(H,23,24,25). The zero-order valence-corrected chi connectivity index (χ0v) is 16.1. The number of pyridine rings is 2. The molecule has 0 unspecified atom stereocenters. The number of hydrogen-bond donors (Lipinski definition) is 1. The lowest BCUT2D eigenvalue weighted by atomic mass is 10.1.